The summed E-state index contributed by atoms with van der Waals surface area (Å²) < 4.78 is 6.53. The molecule has 0 radical (unpaired) electrons. The van der Waals surface area contributed by atoms with Crippen LogP contribution in [0, 0.1) is 10.5 Å². The molecule has 1 aromatic heterocycles. The van der Waals surface area contributed by atoms with E-state index >= 15 is 0 Å². The van der Waals surface area contributed by atoms with E-state index in [0.29, 0.717) is 11.6 Å². The molecule has 0 bridgehead atoms. The van der Waals surface area contributed by atoms with Gasteiger partial charge in [0.05, 0.1) is 5.56 Å². The fourth-order valence-electron chi connectivity index (χ4n) is 1.90. The van der Waals surface area contributed by atoms with E-state index < -0.39 is 5.97 Å². The van der Waals surface area contributed by atoms with Gasteiger partial charge in [-0.25, -0.2) is 9.78 Å². The summed E-state index contributed by atoms with van der Waals surface area (Å²) in [4.78, 5) is 15.8. The van der Waals surface area contributed by atoms with Gasteiger partial charge in [-0.1, -0.05) is 32.9 Å². The van der Waals surface area contributed by atoms with Crippen molar-refractivity contribution in [2.24, 2.45) is 0 Å². The van der Waals surface area contributed by atoms with Crippen LogP contribution in [0.25, 0.3) is 11.5 Å². The van der Waals surface area contributed by atoms with E-state index in [1.165, 1.54) is 0 Å². The zero-order valence-corrected chi connectivity index (χ0v) is 14.0. The smallest absolute Gasteiger partial charge is 0.373 e. The van der Waals surface area contributed by atoms with E-state index in [1.807, 2.05) is 45.9 Å². The Morgan fingerprint density at radius 2 is 2.00 bits per heavy atom. The molecule has 0 saturated carbocycles. The quantitative estimate of drug-likeness (QED) is 0.786. The van der Waals surface area contributed by atoms with Crippen LogP contribution in [0.4, 0.5) is 0 Å². The number of hydrogen-bond donors (Lipinski definition) is 1. The molecule has 0 amide bonds. The van der Waals surface area contributed by atoms with Gasteiger partial charge in [0.15, 0.2) is 0 Å². The lowest BCUT2D eigenvalue weighted by atomic mass is 9.91. The number of carboxylic acid groups (broad SMARTS) is 1. The number of aromatic nitrogens is 1. The highest BCUT2D eigenvalue weighted by Crippen LogP contribution is 2.32. The van der Waals surface area contributed by atoms with Crippen molar-refractivity contribution in [1.82, 2.24) is 4.98 Å². The third kappa shape index (κ3) is 2.72. The zero-order valence-electron chi connectivity index (χ0n) is 11.8. The number of nitrogens with zero attached hydrogens (tertiary/aromatic N) is 1. The molecule has 1 heterocycles. The summed E-state index contributed by atoms with van der Waals surface area (Å²) in [6, 6.07) is 5.80. The van der Waals surface area contributed by atoms with Gasteiger partial charge in [0.1, 0.15) is 5.69 Å². The van der Waals surface area contributed by atoms with Crippen LogP contribution in [0.5, 0.6) is 0 Å². The van der Waals surface area contributed by atoms with E-state index in [-0.39, 0.29) is 11.2 Å². The molecule has 1 N–H and O–H groups in total. The molecule has 0 atom stereocenters. The lowest BCUT2D eigenvalue weighted by Gasteiger charge is -2.14. The Labute approximate surface area is 131 Å². The maximum atomic E-state index is 11.3. The molecule has 2 rings (SSSR count). The maximum Gasteiger partial charge on any atom is 0.373 e. The zero-order chi connectivity index (χ0) is 15.1. The van der Waals surface area contributed by atoms with Crippen molar-refractivity contribution in [2.75, 3.05) is 0 Å². The average Bonchev–Trinajstić information content (AvgIpc) is 2.77. The number of aromatic carboxylic acids is 1. The maximum absolute atomic E-state index is 11.3. The fraction of sp³-hybridized carbons (Fsp3) is 0.333. The number of oxazole rings is 1. The molecule has 0 aliphatic rings. The van der Waals surface area contributed by atoms with Crippen molar-refractivity contribution in [3.8, 4) is 11.5 Å². The Balaban J connectivity index is 2.65. The Kier molecular flexibility index (Phi) is 3.90. The minimum absolute atomic E-state index is 0.0789. The molecule has 5 heteroatoms. The molecule has 0 fully saturated rings. The topological polar surface area (TPSA) is 63.3 Å². The van der Waals surface area contributed by atoms with Gasteiger partial charge >= 0.3 is 5.97 Å². The molecule has 0 aliphatic heterocycles. The molecule has 20 heavy (non-hydrogen) atoms. The van der Waals surface area contributed by atoms with Gasteiger partial charge < -0.3 is 9.52 Å². The van der Waals surface area contributed by atoms with Crippen molar-refractivity contribution >= 4 is 28.6 Å². The first-order valence-electron chi connectivity index (χ1n) is 6.22. The molecule has 1 aromatic carbocycles. The third-order valence-electron chi connectivity index (χ3n) is 2.95. The van der Waals surface area contributed by atoms with E-state index in [0.717, 1.165) is 14.7 Å². The average molecular weight is 385 g/mol. The number of aryl methyl sites for hydroxylation is 1. The highest BCUT2D eigenvalue weighted by molar-refractivity contribution is 14.1. The lowest BCUT2D eigenvalue weighted by molar-refractivity contribution is 0.0659. The van der Waals surface area contributed by atoms with Crippen LogP contribution in [-0.2, 0) is 5.41 Å². The number of benzene rings is 1. The largest absolute Gasteiger partial charge is 0.475 e. The highest BCUT2D eigenvalue weighted by atomic mass is 127. The molecule has 0 aliphatic carbocycles. The Morgan fingerprint density at radius 1 is 1.35 bits per heavy atom. The van der Waals surface area contributed by atoms with E-state index in [9.17, 15) is 9.90 Å². The first-order chi connectivity index (χ1) is 9.21. The van der Waals surface area contributed by atoms with Gasteiger partial charge in [0.25, 0.3) is 0 Å². The minimum Gasteiger partial charge on any atom is -0.475 e. The summed E-state index contributed by atoms with van der Waals surface area (Å²) in [7, 11) is 0. The van der Waals surface area contributed by atoms with Crippen molar-refractivity contribution in [3.63, 3.8) is 0 Å². The van der Waals surface area contributed by atoms with Crippen LogP contribution < -0.4 is 0 Å². The molecule has 4 nitrogen and oxygen atoms in total. The van der Waals surface area contributed by atoms with Crippen molar-refractivity contribution < 1.29 is 14.3 Å². The summed E-state index contributed by atoms with van der Waals surface area (Å²) in [5.74, 6) is -0.804. The standard InChI is InChI=1S/C15H16INO3/c1-8-6-5-7-9(10(8)16)13-17-12(15(2,3)4)11(20-13)14(18)19/h5-7H,1-4H3,(H,18,19). The van der Waals surface area contributed by atoms with Gasteiger partial charge in [0.2, 0.25) is 11.7 Å². The summed E-state index contributed by atoms with van der Waals surface area (Å²) in [5, 5.41) is 9.28. The Hall–Kier alpha value is -1.37. The van der Waals surface area contributed by atoms with E-state index in [1.54, 1.807) is 0 Å². The van der Waals surface area contributed by atoms with Crippen LogP contribution in [0.15, 0.2) is 22.6 Å². The fourth-order valence-corrected chi connectivity index (χ4v) is 2.49. The van der Waals surface area contributed by atoms with Gasteiger partial charge in [-0.05, 0) is 41.1 Å². The van der Waals surface area contributed by atoms with E-state index in [4.69, 9.17) is 4.42 Å². The highest BCUT2D eigenvalue weighted by Gasteiger charge is 2.29. The summed E-state index contributed by atoms with van der Waals surface area (Å²) in [6.07, 6.45) is 0. The predicted molar refractivity (Wildman–Crippen MR) is 85.1 cm³/mol. The van der Waals surface area contributed by atoms with Gasteiger partial charge in [-0.15, -0.1) is 0 Å². The molecule has 0 saturated heterocycles. The molecule has 106 valence electrons. The van der Waals surface area contributed by atoms with Crippen LogP contribution in [0.2, 0.25) is 0 Å². The molecule has 0 unspecified atom stereocenters. The monoisotopic (exact) mass is 385 g/mol. The first-order valence-corrected chi connectivity index (χ1v) is 7.29. The van der Waals surface area contributed by atoms with Crippen molar-refractivity contribution in [2.45, 2.75) is 33.1 Å². The first kappa shape index (κ1) is 15.0. The van der Waals surface area contributed by atoms with Gasteiger partial charge in [0, 0.05) is 8.99 Å². The van der Waals surface area contributed by atoms with Crippen LogP contribution in [-0.4, -0.2) is 16.1 Å². The Bertz CT molecular complexity index is 668. The normalized spacial score (nSPS) is 11.7. The summed E-state index contributed by atoms with van der Waals surface area (Å²) in [5.41, 5.74) is 2.02. The number of hydrogen-bond acceptors (Lipinski definition) is 3. The van der Waals surface area contributed by atoms with Crippen LogP contribution >= 0.6 is 22.6 Å². The molecule has 0 spiro atoms. The second kappa shape index (κ2) is 5.20. The summed E-state index contributed by atoms with van der Waals surface area (Å²) in [6.45, 7) is 7.75. The minimum atomic E-state index is -1.09. The van der Waals surface area contributed by atoms with Gasteiger partial charge in [-0.3, -0.25) is 0 Å². The van der Waals surface area contributed by atoms with E-state index in [2.05, 4.69) is 27.6 Å². The molecular weight excluding hydrogens is 369 g/mol. The number of halogens is 1. The van der Waals surface area contributed by atoms with Crippen molar-refractivity contribution in [3.05, 3.63) is 38.8 Å². The third-order valence-corrected chi connectivity index (χ3v) is 4.39. The van der Waals surface area contributed by atoms with Crippen LogP contribution in [0.1, 0.15) is 42.6 Å². The lowest BCUT2D eigenvalue weighted by Crippen LogP contribution is -2.16. The SMILES string of the molecule is Cc1cccc(-c2nc(C(C)(C)C)c(C(=O)O)o2)c1I. The molecular formula is C15H16INO3. The van der Waals surface area contributed by atoms with Crippen LogP contribution in [0.3, 0.4) is 0 Å². The van der Waals surface area contributed by atoms with Crippen molar-refractivity contribution in [1.29, 1.82) is 0 Å². The second-order valence-electron chi connectivity index (χ2n) is 5.69. The number of carbonyl (C=O) groups is 1. The Morgan fingerprint density at radius 3 is 2.50 bits per heavy atom. The molecule has 2 aromatic rings. The number of rotatable bonds is 2. The second-order valence-corrected chi connectivity index (χ2v) is 6.77. The predicted octanol–water partition coefficient (Wildman–Crippen LogP) is 4.25. The van der Waals surface area contributed by atoms with Gasteiger partial charge in [-0.2, -0.15) is 0 Å². The summed E-state index contributed by atoms with van der Waals surface area (Å²) >= 11 is 2.22. The number of carboxylic acids is 1.